The minimum Gasteiger partial charge on any atom is -0.481 e. The summed E-state index contributed by atoms with van der Waals surface area (Å²) in [6, 6.07) is 6.26. The van der Waals surface area contributed by atoms with Gasteiger partial charge < -0.3 is 10.4 Å². The lowest BCUT2D eigenvalue weighted by Crippen LogP contribution is -2.32. The van der Waals surface area contributed by atoms with E-state index in [2.05, 4.69) is 37.4 Å². The molecule has 5 heteroatoms. The Balaban J connectivity index is 2.30. The Morgan fingerprint density at radius 3 is 2.57 bits per heavy atom. The molecule has 21 heavy (non-hydrogen) atoms. The molecule has 0 aliphatic heterocycles. The van der Waals surface area contributed by atoms with Crippen molar-refractivity contribution >= 4 is 23.6 Å². The molecular weight excluding hydrogens is 286 g/mol. The van der Waals surface area contributed by atoms with Gasteiger partial charge in [-0.05, 0) is 43.5 Å². The van der Waals surface area contributed by atoms with E-state index in [-0.39, 0.29) is 12.5 Å². The van der Waals surface area contributed by atoms with Gasteiger partial charge in [-0.15, -0.1) is 11.8 Å². The summed E-state index contributed by atoms with van der Waals surface area (Å²) in [5, 5.41) is 11.6. The maximum absolute atomic E-state index is 11.7. The van der Waals surface area contributed by atoms with Crippen molar-refractivity contribution in [3.05, 3.63) is 29.3 Å². The lowest BCUT2D eigenvalue weighted by Gasteiger charge is -2.11. The number of carboxylic acid groups (broad SMARTS) is 1. The van der Waals surface area contributed by atoms with Gasteiger partial charge in [-0.1, -0.05) is 13.0 Å². The summed E-state index contributed by atoms with van der Waals surface area (Å²) < 4.78 is 0. The van der Waals surface area contributed by atoms with Crippen LogP contribution in [0.3, 0.4) is 0 Å². The van der Waals surface area contributed by atoms with E-state index in [1.54, 1.807) is 18.7 Å². The third kappa shape index (κ3) is 6.21. The molecule has 1 atom stereocenters. The molecule has 0 saturated carbocycles. The number of amides is 1. The van der Waals surface area contributed by atoms with Gasteiger partial charge in [-0.25, -0.2) is 0 Å². The van der Waals surface area contributed by atoms with E-state index in [9.17, 15) is 9.59 Å². The summed E-state index contributed by atoms with van der Waals surface area (Å²) in [7, 11) is 0. The average Bonchev–Trinajstić information content (AvgIpc) is 2.43. The Kier molecular flexibility index (Phi) is 7.29. The van der Waals surface area contributed by atoms with E-state index in [0.29, 0.717) is 18.6 Å². The third-order valence-corrected chi connectivity index (χ3v) is 4.46. The van der Waals surface area contributed by atoms with E-state index in [1.807, 2.05) is 0 Å². The summed E-state index contributed by atoms with van der Waals surface area (Å²) >= 11 is 1.64. The first kappa shape index (κ1) is 17.6. The zero-order valence-corrected chi connectivity index (χ0v) is 13.6. The maximum Gasteiger partial charge on any atom is 0.308 e. The number of nitrogens with one attached hydrogen (secondary N) is 1. The fraction of sp³-hybridized carbons (Fsp3) is 0.500. The van der Waals surface area contributed by atoms with Crippen LogP contribution in [0.25, 0.3) is 0 Å². The number of benzene rings is 1. The number of aliphatic carboxylic acids is 1. The largest absolute Gasteiger partial charge is 0.481 e. The van der Waals surface area contributed by atoms with Crippen LogP contribution in [0, 0.1) is 19.8 Å². The molecule has 0 aliphatic rings. The van der Waals surface area contributed by atoms with Crippen LogP contribution in [0.1, 0.15) is 30.9 Å². The van der Waals surface area contributed by atoms with E-state index in [1.165, 1.54) is 11.1 Å². The fourth-order valence-corrected chi connectivity index (χ4v) is 2.74. The van der Waals surface area contributed by atoms with Crippen LogP contribution in [-0.2, 0) is 9.59 Å². The van der Waals surface area contributed by atoms with Crippen molar-refractivity contribution in [3.63, 3.8) is 0 Å². The Morgan fingerprint density at radius 2 is 2.00 bits per heavy atom. The SMILES string of the molecule is CCC(CNC(=O)CCSc1ccc(C)c(C)c1)C(=O)O. The second-order valence-corrected chi connectivity index (χ2v) is 6.26. The molecule has 1 amide bonds. The minimum absolute atomic E-state index is 0.0916. The minimum atomic E-state index is -0.859. The molecule has 4 nitrogen and oxygen atoms in total. The fourth-order valence-electron chi connectivity index (χ4n) is 1.80. The van der Waals surface area contributed by atoms with E-state index < -0.39 is 11.9 Å². The van der Waals surface area contributed by atoms with Crippen molar-refractivity contribution in [1.82, 2.24) is 5.32 Å². The number of thioether (sulfide) groups is 1. The molecule has 0 aliphatic carbocycles. The maximum atomic E-state index is 11.7. The number of carbonyl (C=O) groups is 2. The summed E-state index contributed by atoms with van der Waals surface area (Å²) in [6.07, 6.45) is 0.917. The van der Waals surface area contributed by atoms with Crippen molar-refractivity contribution in [3.8, 4) is 0 Å². The highest BCUT2D eigenvalue weighted by atomic mass is 32.2. The zero-order chi connectivity index (χ0) is 15.8. The summed E-state index contributed by atoms with van der Waals surface area (Å²) in [5.41, 5.74) is 2.51. The smallest absolute Gasteiger partial charge is 0.308 e. The number of hydrogen-bond acceptors (Lipinski definition) is 3. The van der Waals surface area contributed by atoms with Crippen molar-refractivity contribution < 1.29 is 14.7 Å². The average molecular weight is 309 g/mol. The highest BCUT2D eigenvalue weighted by molar-refractivity contribution is 7.99. The number of aryl methyl sites for hydroxylation is 2. The first-order chi connectivity index (χ1) is 9.93. The molecule has 0 fully saturated rings. The second-order valence-electron chi connectivity index (χ2n) is 5.09. The first-order valence-electron chi connectivity index (χ1n) is 7.13. The first-order valence-corrected chi connectivity index (χ1v) is 8.12. The van der Waals surface area contributed by atoms with Gasteiger partial charge in [0.1, 0.15) is 0 Å². The molecular formula is C16H23NO3S. The lowest BCUT2D eigenvalue weighted by molar-refractivity contribution is -0.141. The standard InChI is InChI=1S/C16H23NO3S/c1-4-13(16(19)20)10-17-15(18)7-8-21-14-6-5-11(2)12(3)9-14/h5-6,9,13H,4,7-8,10H2,1-3H3,(H,17,18)(H,19,20). The molecule has 0 saturated heterocycles. The highest BCUT2D eigenvalue weighted by Gasteiger charge is 2.15. The van der Waals surface area contributed by atoms with Crippen LogP contribution in [0.5, 0.6) is 0 Å². The van der Waals surface area contributed by atoms with Crippen LogP contribution in [0.15, 0.2) is 23.1 Å². The quantitative estimate of drug-likeness (QED) is 0.724. The van der Waals surface area contributed by atoms with Gasteiger partial charge >= 0.3 is 5.97 Å². The number of rotatable bonds is 8. The van der Waals surface area contributed by atoms with Gasteiger partial charge in [-0.2, -0.15) is 0 Å². The van der Waals surface area contributed by atoms with Crippen molar-refractivity contribution in [2.45, 2.75) is 38.5 Å². The molecule has 1 rings (SSSR count). The highest BCUT2D eigenvalue weighted by Crippen LogP contribution is 2.21. The Morgan fingerprint density at radius 1 is 1.29 bits per heavy atom. The van der Waals surface area contributed by atoms with E-state index in [4.69, 9.17) is 5.11 Å². The van der Waals surface area contributed by atoms with Gasteiger partial charge in [0.05, 0.1) is 5.92 Å². The summed E-state index contributed by atoms with van der Waals surface area (Å²) in [6.45, 7) is 6.16. The van der Waals surface area contributed by atoms with Gasteiger partial charge in [0.25, 0.3) is 0 Å². The Labute approximate surface area is 130 Å². The third-order valence-electron chi connectivity index (χ3n) is 3.46. The van der Waals surface area contributed by atoms with Gasteiger partial charge in [0.15, 0.2) is 0 Å². The van der Waals surface area contributed by atoms with Crippen LogP contribution in [0.2, 0.25) is 0 Å². The van der Waals surface area contributed by atoms with Crippen LogP contribution >= 0.6 is 11.8 Å². The lowest BCUT2D eigenvalue weighted by atomic mass is 10.1. The molecule has 0 aromatic heterocycles. The molecule has 0 radical (unpaired) electrons. The van der Waals surface area contributed by atoms with Gasteiger partial charge in [0.2, 0.25) is 5.91 Å². The molecule has 116 valence electrons. The molecule has 0 bridgehead atoms. The number of carboxylic acids is 1. The monoisotopic (exact) mass is 309 g/mol. The van der Waals surface area contributed by atoms with Crippen LogP contribution in [-0.4, -0.2) is 29.3 Å². The molecule has 2 N–H and O–H groups in total. The van der Waals surface area contributed by atoms with Crippen molar-refractivity contribution in [2.75, 3.05) is 12.3 Å². The van der Waals surface area contributed by atoms with Crippen molar-refractivity contribution in [2.24, 2.45) is 5.92 Å². The van der Waals surface area contributed by atoms with Gasteiger partial charge in [-0.3, -0.25) is 9.59 Å². The molecule has 1 aromatic carbocycles. The Hall–Kier alpha value is -1.49. The Bertz CT molecular complexity index is 502. The van der Waals surface area contributed by atoms with Crippen LogP contribution < -0.4 is 5.32 Å². The zero-order valence-electron chi connectivity index (χ0n) is 12.8. The summed E-state index contributed by atoms with van der Waals surface area (Å²) in [4.78, 5) is 23.7. The normalized spacial score (nSPS) is 12.0. The molecule has 1 aromatic rings. The van der Waals surface area contributed by atoms with Crippen molar-refractivity contribution in [1.29, 1.82) is 0 Å². The molecule has 0 heterocycles. The molecule has 0 spiro atoms. The topological polar surface area (TPSA) is 66.4 Å². The van der Waals surface area contributed by atoms with E-state index >= 15 is 0 Å². The van der Waals surface area contributed by atoms with E-state index in [0.717, 1.165) is 4.90 Å². The second kappa shape index (κ2) is 8.72. The predicted octanol–water partition coefficient (Wildman–Crippen LogP) is 3.01. The van der Waals surface area contributed by atoms with Crippen LogP contribution in [0.4, 0.5) is 0 Å². The molecule has 1 unspecified atom stereocenters. The summed E-state index contributed by atoms with van der Waals surface area (Å²) in [5.74, 6) is -0.757. The number of hydrogen-bond donors (Lipinski definition) is 2. The predicted molar refractivity (Wildman–Crippen MR) is 85.7 cm³/mol. The van der Waals surface area contributed by atoms with Gasteiger partial charge in [0, 0.05) is 23.6 Å². The number of carbonyl (C=O) groups excluding carboxylic acids is 1.